The standard InChI is InChI=1S/C12H17N3O3/c1-7(8(2)12(17)18)11(16)13-5-10-6-15(4)14-9(10)3/h6H,5H2,1-4H3,(H,13,16)(H,17,18). The molecular weight excluding hydrogens is 234 g/mol. The summed E-state index contributed by atoms with van der Waals surface area (Å²) < 4.78 is 1.67. The molecule has 2 N–H and O–H groups in total. The zero-order valence-electron chi connectivity index (χ0n) is 10.9. The normalized spacial score (nSPS) is 12.0. The Bertz CT molecular complexity index is 515. The molecule has 0 aliphatic rings. The fourth-order valence-corrected chi connectivity index (χ4v) is 1.46. The highest BCUT2D eigenvalue weighted by atomic mass is 16.4. The van der Waals surface area contributed by atoms with E-state index >= 15 is 0 Å². The Kier molecular flexibility index (Phi) is 4.25. The molecule has 0 aromatic carbocycles. The lowest BCUT2D eigenvalue weighted by Gasteiger charge is -2.06. The second-order valence-electron chi connectivity index (χ2n) is 4.15. The first-order chi connectivity index (χ1) is 8.32. The zero-order chi connectivity index (χ0) is 13.9. The van der Waals surface area contributed by atoms with Gasteiger partial charge in [0.15, 0.2) is 0 Å². The van der Waals surface area contributed by atoms with E-state index in [1.54, 1.807) is 11.7 Å². The number of amides is 1. The second kappa shape index (κ2) is 5.48. The van der Waals surface area contributed by atoms with Gasteiger partial charge < -0.3 is 10.4 Å². The number of carboxylic acid groups (broad SMARTS) is 1. The molecular formula is C12H17N3O3. The van der Waals surface area contributed by atoms with E-state index in [0.717, 1.165) is 11.3 Å². The summed E-state index contributed by atoms with van der Waals surface area (Å²) in [7, 11) is 1.80. The van der Waals surface area contributed by atoms with Crippen molar-refractivity contribution < 1.29 is 14.7 Å². The Balaban J connectivity index is 2.70. The Morgan fingerprint density at radius 1 is 1.39 bits per heavy atom. The summed E-state index contributed by atoms with van der Waals surface area (Å²) in [6, 6.07) is 0. The molecule has 0 aliphatic heterocycles. The van der Waals surface area contributed by atoms with Crippen molar-refractivity contribution in [3.8, 4) is 0 Å². The third-order valence-electron chi connectivity index (χ3n) is 2.78. The van der Waals surface area contributed by atoms with Gasteiger partial charge in [0, 0.05) is 36.5 Å². The number of carbonyl (C=O) groups excluding carboxylic acids is 1. The minimum absolute atomic E-state index is 0.0513. The highest BCUT2D eigenvalue weighted by molar-refractivity contribution is 6.01. The van der Waals surface area contributed by atoms with E-state index in [2.05, 4.69) is 10.4 Å². The van der Waals surface area contributed by atoms with E-state index in [1.807, 2.05) is 13.1 Å². The van der Waals surface area contributed by atoms with Gasteiger partial charge in [-0.1, -0.05) is 0 Å². The second-order valence-corrected chi connectivity index (χ2v) is 4.15. The van der Waals surface area contributed by atoms with Gasteiger partial charge in [0.25, 0.3) is 0 Å². The monoisotopic (exact) mass is 251 g/mol. The number of aliphatic carboxylic acids is 1. The lowest BCUT2D eigenvalue weighted by molar-refractivity contribution is -0.133. The van der Waals surface area contributed by atoms with E-state index in [-0.39, 0.29) is 17.1 Å². The summed E-state index contributed by atoms with van der Waals surface area (Å²) in [5.41, 5.74) is 2.01. The van der Waals surface area contributed by atoms with Gasteiger partial charge in [0.2, 0.25) is 5.91 Å². The molecule has 0 fully saturated rings. The van der Waals surface area contributed by atoms with E-state index < -0.39 is 5.97 Å². The third kappa shape index (κ3) is 3.19. The van der Waals surface area contributed by atoms with Crippen LogP contribution in [0.5, 0.6) is 0 Å². The number of carboxylic acids is 1. The SMILES string of the molecule is CC(C(=O)O)=C(C)C(=O)NCc1cn(C)nc1C. The molecule has 6 nitrogen and oxygen atoms in total. The number of hydrogen-bond donors (Lipinski definition) is 2. The lowest BCUT2D eigenvalue weighted by Crippen LogP contribution is -2.25. The smallest absolute Gasteiger partial charge is 0.331 e. The molecule has 98 valence electrons. The van der Waals surface area contributed by atoms with Crippen LogP contribution in [0.25, 0.3) is 0 Å². The summed E-state index contributed by atoms with van der Waals surface area (Å²) >= 11 is 0. The van der Waals surface area contributed by atoms with Crippen molar-refractivity contribution in [2.24, 2.45) is 7.05 Å². The Labute approximate surface area is 105 Å². The van der Waals surface area contributed by atoms with Crippen LogP contribution in [-0.2, 0) is 23.2 Å². The summed E-state index contributed by atoms with van der Waals surface area (Å²) in [6.45, 7) is 5.09. The molecule has 18 heavy (non-hydrogen) atoms. The molecule has 0 radical (unpaired) electrons. The maximum atomic E-state index is 11.7. The van der Waals surface area contributed by atoms with Crippen LogP contribution >= 0.6 is 0 Å². The van der Waals surface area contributed by atoms with Gasteiger partial charge in [-0.2, -0.15) is 5.10 Å². The average Bonchev–Trinajstić information content (AvgIpc) is 2.62. The van der Waals surface area contributed by atoms with Crippen molar-refractivity contribution >= 4 is 11.9 Å². The number of nitrogens with one attached hydrogen (secondary N) is 1. The van der Waals surface area contributed by atoms with Crippen molar-refractivity contribution in [1.82, 2.24) is 15.1 Å². The quantitative estimate of drug-likeness (QED) is 0.774. The van der Waals surface area contributed by atoms with Crippen LogP contribution in [0.1, 0.15) is 25.1 Å². The van der Waals surface area contributed by atoms with Gasteiger partial charge in [-0.3, -0.25) is 9.48 Å². The first-order valence-electron chi connectivity index (χ1n) is 5.51. The summed E-state index contributed by atoms with van der Waals surface area (Å²) in [5, 5.41) is 15.6. The Hall–Kier alpha value is -2.11. The van der Waals surface area contributed by atoms with Crippen molar-refractivity contribution in [3.63, 3.8) is 0 Å². The van der Waals surface area contributed by atoms with E-state index in [1.165, 1.54) is 13.8 Å². The third-order valence-corrected chi connectivity index (χ3v) is 2.78. The van der Waals surface area contributed by atoms with Gasteiger partial charge in [-0.15, -0.1) is 0 Å². The van der Waals surface area contributed by atoms with Crippen LogP contribution in [0, 0.1) is 6.92 Å². The average molecular weight is 251 g/mol. The number of carbonyl (C=O) groups is 2. The molecule has 0 aliphatic carbocycles. The molecule has 0 unspecified atom stereocenters. The van der Waals surface area contributed by atoms with Crippen molar-refractivity contribution in [3.05, 3.63) is 28.6 Å². The maximum Gasteiger partial charge on any atom is 0.331 e. The van der Waals surface area contributed by atoms with Crippen molar-refractivity contribution in [1.29, 1.82) is 0 Å². The largest absolute Gasteiger partial charge is 0.478 e. The minimum atomic E-state index is -1.08. The van der Waals surface area contributed by atoms with Gasteiger partial charge in [0.1, 0.15) is 0 Å². The molecule has 1 rings (SSSR count). The molecule has 6 heteroatoms. The van der Waals surface area contributed by atoms with Crippen LogP contribution < -0.4 is 5.32 Å². The van der Waals surface area contributed by atoms with Crippen LogP contribution in [-0.4, -0.2) is 26.8 Å². The van der Waals surface area contributed by atoms with Crippen molar-refractivity contribution in [2.45, 2.75) is 27.3 Å². The molecule has 1 heterocycles. The molecule has 0 saturated carbocycles. The van der Waals surface area contributed by atoms with E-state index in [0.29, 0.717) is 6.54 Å². The fourth-order valence-electron chi connectivity index (χ4n) is 1.46. The topological polar surface area (TPSA) is 84.2 Å². The summed E-state index contributed by atoms with van der Waals surface area (Å²) in [5.74, 6) is -1.46. The van der Waals surface area contributed by atoms with Crippen LogP contribution in [0.15, 0.2) is 17.3 Å². The molecule has 1 aromatic heterocycles. The molecule has 1 aromatic rings. The van der Waals surface area contributed by atoms with Gasteiger partial charge in [0.05, 0.1) is 5.69 Å². The van der Waals surface area contributed by atoms with Gasteiger partial charge in [-0.25, -0.2) is 4.79 Å². The van der Waals surface area contributed by atoms with Gasteiger partial charge in [-0.05, 0) is 20.8 Å². The number of rotatable bonds is 4. The van der Waals surface area contributed by atoms with E-state index in [4.69, 9.17) is 5.11 Å². The zero-order valence-corrected chi connectivity index (χ0v) is 10.9. The maximum absolute atomic E-state index is 11.7. The number of aryl methyl sites for hydroxylation is 2. The number of nitrogens with zero attached hydrogens (tertiary/aromatic N) is 2. The molecule has 0 bridgehead atoms. The van der Waals surface area contributed by atoms with Crippen molar-refractivity contribution in [2.75, 3.05) is 0 Å². The lowest BCUT2D eigenvalue weighted by atomic mass is 10.1. The number of aromatic nitrogens is 2. The van der Waals surface area contributed by atoms with Crippen LogP contribution in [0.2, 0.25) is 0 Å². The first-order valence-corrected chi connectivity index (χ1v) is 5.51. The number of hydrogen-bond acceptors (Lipinski definition) is 3. The highest BCUT2D eigenvalue weighted by Crippen LogP contribution is 2.06. The Morgan fingerprint density at radius 2 is 2.00 bits per heavy atom. The first kappa shape index (κ1) is 14.0. The fraction of sp³-hybridized carbons (Fsp3) is 0.417. The van der Waals surface area contributed by atoms with Crippen LogP contribution in [0.3, 0.4) is 0 Å². The minimum Gasteiger partial charge on any atom is -0.478 e. The highest BCUT2D eigenvalue weighted by Gasteiger charge is 2.13. The Morgan fingerprint density at radius 3 is 2.44 bits per heavy atom. The van der Waals surface area contributed by atoms with Crippen LogP contribution in [0.4, 0.5) is 0 Å². The predicted octanol–water partition coefficient (Wildman–Crippen LogP) is 0.766. The molecule has 1 amide bonds. The predicted molar refractivity (Wildman–Crippen MR) is 65.8 cm³/mol. The molecule has 0 saturated heterocycles. The molecule has 0 spiro atoms. The van der Waals surface area contributed by atoms with E-state index in [9.17, 15) is 9.59 Å². The van der Waals surface area contributed by atoms with Gasteiger partial charge >= 0.3 is 5.97 Å². The summed E-state index contributed by atoms with van der Waals surface area (Å²) in [6.07, 6.45) is 1.82. The molecule has 0 atom stereocenters. The summed E-state index contributed by atoms with van der Waals surface area (Å²) in [4.78, 5) is 22.4.